The van der Waals surface area contributed by atoms with E-state index in [0.29, 0.717) is 25.3 Å². The minimum Gasteiger partial charge on any atom is -0.391 e. The molecule has 1 fully saturated rings. The van der Waals surface area contributed by atoms with E-state index < -0.39 is 6.10 Å². The van der Waals surface area contributed by atoms with E-state index in [1.165, 1.54) is 0 Å². The summed E-state index contributed by atoms with van der Waals surface area (Å²) in [7, 11) is 0. The van der Waals surface area contributed by atoms with Gasteiger partial charge in [-0.1, -0.05) is 13.8 Å². The van der Waals surface area contributed by atoms with E-state index in [2.05, 4.69) is 5.10 Å². The molecule has 0 aliphatic carbocycles. The largest absolute Gasteiger partial charge is 0.391 e. The molecule has 1 amide bonds. The van der Waals surface area contributed by atoms with E-state index in [1.54, 1.807) is 9.58 Å². The van der Waals surface area contributed by atoms with Crippen LogP contribution in [-0.2, 0) is 13.0 Å². The van der Waals surface area contributed by atoms with Gasteiger partial charge in [-0.05, 0) is 31.7 Å². The van der Waals surface area contributed by atoms with Crippen molar-refractivity contribution in [3.05, 3.63) is 17.5 Å². The summed E-state index contributed by atoms with van der Waals surface area (Å²) >= 11 is 0. The molecule has 5 nitrogen and oxygen atoms in total. The third-order valence-electron chi connectivity index (χ3n) is 3.92. The Morgan fingerprint density at radius 2 is 2.26 bits per heavy atom. The Labute approximate surface area is 114 Å². The van der Waals surface area contributed by atoms with E-state index >= 15 is 0 Å². The lowest BCUT2D eigenvalue weighted by Crippen LogP contribution is -2.46. The molecule has 0 saturated carbocycles. The van der Waals surface area contributed by atoms with E-state index in [-0.39, 0.29) is 11.8 Å². The first-order valence-corrected chi connectivity index (χ1v) is 7.10. The highest BCUT2D eigenvalue weighted by atomic mass is 16.3. The molecule has 19 heavy (non-hydrogen) atoms. The predicted molar refractivity (Wildman–Crippen MR) is 73.0 cm³/mol. The predicted octanol–water partition coefficient (Wildman–Crippen LogP) is 1.31. The molecule has 2 unspecified atom stereocenters. The molecule has 2 rings (SSSR count). The molecule has 2 heterocycles. The Hall–Kier alpha value is -1.36. The van der Waals surface area contributed by atoms with Gasteiger partial charge in [0.05, 0.1) is 11.8 Å². The minimum absolute atomic E-state index is 0.0139. The average Bonchev–Trinajstić information content (AvgIpc) is 2.84. The van der Waals surface area contributed by atoms with Crippen molar-refractivity contribution in [3.63, 3.8) is 0 Å². The third-order valence-corrected chi connectivity index (χ3v) is 3.92. The van der Waals surface area contributed by atoms with Crippen LogP contribution >= 0.6 is 0 Å². The quantitative estimate of drug-likeness (QED) is 0.896. The molecule has 1 saturated heterocycles. The molecule has 0 radical (unpaired) electrons. The molecule has 0 spiro atoms. The Morgan fingerprint density at radius 1 is 1.53 bits per heavy atom. The van der Waals surface area contributed by atoms with Crippen LogP contribution < -0.4 is 0 Å². The van der Waals surface area contributed by atoms with Gasteiger partial charge in [-0.3, -0.25) is 9.48 Å². The summed E-state index contributed by atoms with van der Waals surface area (Å²) in [4.78, 5) is 14.3. The third kappa shape index (κ3) is 2.81. The van der Waals surface area contributed by atoms with Crippen molar-refractivity contribution >= 4 is 5.91 Å². The monoisotopic (exact) mass is 265 g/mol. The summed E-state index contributed by atoms with van der Waals surface area (Å²) in [5.41, 5.74) is 1.58. The average molecular weight is 265 g/mol. The van der Waals surface area contributed by atoms with Gasteiger partial charge in [0.1, 0.15) is 5.69 Å². The lowest BCUT2D eigenvalue weighted by molar-refractivity contribution is 0.0241. The summed E-state index contributed by atoms with van der Waals surface area (Å²) in [6.07, 6.45) is 1.27. The number of hydrogen-bond acceptors (Lipinski definition) is 3. The van der Waals surface area contributed by atoms with Crippen LogP contribution in [0.2, 0.25) is 0 Å². The van der Waals surface area contributed by atoms with Gasteiger partial charge in [-0.25, -0.2) is 0 Å². The van der Waals surface area contributed by atoms with Crippen LogP contribution in [0.15, 0.2) is 6.07 Å². The first-order chi connectivity index (χ1) is 9.06. The molecular weight excluding hydrogens is 242 g/mol. The second-order valence-corrected chi connectivity index (χ2v) is 5.27. The number of piperidine rings is 1. The maximum atomic E-state index is 12.5. The molecule has 1 aromatic heterocycles. The van der Waals surface area contributed by atoms with E-state index in [4.69, 9.17) is 0 Å². The number of amides is 1. The number of rotatable bonds is 3. The van der Waals surface area contributed by atoms with Crippen molar-refractivity contribution in [1.82, 2.24) is 14.7 Å². The topological polar surface area (TPSA) is 58.4 Å². The highest BCUT2D eigenvalue weighted by molar-refractivity contribution is 5.92. The fourth-order valence-electron chi connectivity index (χ4n) is 2.45. The van der Waals surface area contributed by atoms with Crippen LogP contribution in [0.25, 0.3) is 0 Å². The zero-order valence-corrected chi connectivity index (χ0v) is 12.0. The van der Waals surface area contributed by atoms with Crippen molar-refractivity contribution < 1.29 is 9.90 Å². The Bertz CT molecular complexity index is 456. The highest BCUT2D eigenvalue weighted by Crippen LogP contribution is 2.19. The summed E-state index contributed by atoms with van der Waals surface area (Å²) < 4.78 is 1.76. The van der Waals surface area contributed by atoms with Gasteiger partial charge in [-0.2, -0.15) is 5.10 Å². The number of aliphatic hydroxyl groups is 1. The van der Waals surface area contributed by atoms with E-state index in [0.717, 1.165) is 18.5 Å². The van der Waals surface area contributed by atoms with Gasteiger partial charge < -0.3 is 10.0 Å². The van der Waals surface area contributed by atoms with Crippen LogP contribution in [0.1, 0.15) is 43.4 Å². The first-order valence-electron chi connectivity index (χ1n) is 7.10. The lowest BCUT2D eigenvalue weighted by atomic mass is 9.96. The molecule has 1 aromatic rings. The molecule has 5 heteroatoms. The van der Waals surface area contributed by atoms with Crippen molar-refractivity contribution in [2.75, 3.05) is 13.1 Å². The number of β-amino-alcohol motifs (C(OH)–C–C–N with tert-alkyl or cyclic N) is 1. The highest BCUT2D eigenvalue weighted by Gasteiger charge is 2.29. The number of aromatic nitrogens is 2. The molecule has 1 aliphatic rings. The van der Waals surface area contributed by atoms with Gasteiger partial charge in [0.25, 0.3) is 5.91 Å². The normalized spacial score (nSPS) is 23.7. The number of aliphatic hydroxyl groups excluding tert-OH is 1. The van der Waals surface area contributed by atoms with Crippen LogP contribution in [-0.4, -0.2) is 44.9 Å². The second kappa shape index (κ2) is 5.74. The van der Waals surface area contributed by atoms with Gasteiger partial charge in [-0.15, -0.1) is 0 Å². The number of hydrogen-bond donors (Lipinski definition) is 1. The lowest BCUT2D eigenvalue weighted by Gasteiger charge is -2.34. The fraction of sp³-hybridized carbons (Fsp3) is 0.714. The summed E-state index contributed by atoms with van der Waals surface area (Å²) in [6.45, 7) is 7.87. The first kappa shape index (κ1) is 14.1. The SMILES string of the molecule is CCc1cc(C(=O)N2CCC(C)C(O)C2)n(CC)n1. The molecular formula is C14H23N3O2. The van der Waals surface area contributed by atoms with E-state index in [1.807, 2.05) is 26.8 Å². The molecule has 1 aliphatic heterocycles. The zero-order chi connectivity index (χ0) is 14.0. The minimum atomic E-state index is -0.415. The number of likely N-dealkylation sites (tertiary alicyclic amines) is 1. The fourth-order valence-corrected chi connectivity index (χ4v) is 2.45. The Balaban J connectivity index is 2.17. The summed E-state index contributed by atoms with van der Waals surface area (Å²) in [5.74, 6) is 0.256. The van der Waals surface area contributed by atoms with Gasteiger partial charge in [0.15, 0.2) is 0 Å². The second-order valence-electron chi connectivity index (χ2n) is 5.27. The smallest absolute Gasteiger partial charge is 0.272 e. The maximum Gasteiger partial charge on any atom is 0.272 e. The number of aryl methyl sites for hydroxylation is 2. The van der Waals surface area contributed by atoms with E-state index in [9.17, 15) is 9.90 Å². The van der Waals surface area contributed by atoms with Crippen molar-refractivity contribution in [2.45, 2.75) is 46.3 Å². The van der Waals surface area contributed by atoms with Gasteiger partial charge >= 0.3 is 0 Å². The van der Waals surface area contributed by atoms with Gasteiger partial charge in [0, 0.05) is 19.6 Å². The van der Waals surface area contributed by atoms with Crippen molar-refractivity contribution in [1.29, 1.82) is 0 Å². The number of carbonyl (C=O) groups is 1. The van der Waals surface area contributed by atoms with Crippen molar-refractivity contribution in [3.8, 4) is 0 Å². The van der Waals surface area contributed by atoms with Crippen LogP contribution in [0, 0.1) is 5.92 Å². The summed E-state index contributed by atoms with van der Waals surface area (Å²) in [6, 6.07) is 1.87. The number of carbonyl (C=O) groups excluding carboxylic acids is 1. The Morgan fingerprint density at radius 3 is 2.84 bits per heavy atom. The van der Waals surface area contributed by atoms with Crippen LogP contribution in [0.4, 0.5) is 0 Å². The summed E-state index contributed by atoms with van der Waals surface area (Å²) in [5, 5.41) is 14.3. The van der Waals surface area contributed by atoms with Crippen LogP contribution in [0.5, 0.6) is 0 Å². The number of nitrogens with zero attached hydrogens (tertiary/aromatic N) is 3. The maximum absolute atomic E-state index is 12.5. The zero-order valence-electron chi connectivity index (χ0n) is 12.0. The van der Waals surface area contributed by atoms with Gasteiger partial charge in [0.2, 0.25) is 0 Å². The molecule has 0 aromatic carbocycles. The molecule has 2 atom stereocenters. The molecule has 0 bridgehead atoms. The Kier molecular flexibility index (Phi) is 4.24. The standard InChI is InChI=1S/C14H23N3O2/c1-4-11-8-12(17(5-2)15-11)14(19)16-7-6-10(3)13(18)9-16/h8,10,13,18H,4-7,9H2,1-3H3. The molecule has 106 valence electrons. The van der Waals surface area contributed by atoms with Crippen LogP contribution in [0.3, 0.4) is 0 Å². The molecule has 1 N–H and O–H groups in total. The van der Waals surface area contributed by atoms with Crippen molar-refractivity contribution in [2.24, 2.45) is 5.92 Å².